The average molecular weight is 178 g/mol. The first-order valence-electron chi connectivity index (χ1n) is 4.32. The zero-order chi connectivity index (χ0) is 9.68. The molecule has 1 N–H and O–H groups in total. The number of phenols is 1. The number of benzene rings is 1. The summed E-state index contributed by atoms with van der Waals surface area (Å²) in [6.07, 6.45) is 1.93. The Balaban J connectivity index is 2.73. The van der Waals surface area contributed by atoms with Gasteiger partial charge in [0, 0.05) is 0 Å². The van der Waals surface area contributed by atoms with Crippen molar-refractivity contribution < 1.29 is 9.84 Å². The Morgan fingerprint density at radius 1 is 1.38 bits per heavy atom. The minimum atomic E-state index is 0.284. The fourth-order valence-electron chi connectivity index (χ4n) is 1.07. The molecular formula is C11H14O2. The van der Waals surface area contributed by atoms with Crippen molar-refractivity contribution in [3.63, 3.8) is 0 Å². The van der Waals surface area contributed by atoms with Gasteiger partial charge in [0.25, 0.3) is 0 Å². The number of allylic oxidation sites excluding steroid dienone is 1. The molecule has 2 heteroatoms. The van der Waals surface area contributed by atoms with E-state index in [0.717, 1.165) is 11.3 Å². The van der Waals surface area contributed by atoms with Gasteiger partial charge in [-0.1, -0.05) is 12.1 Å². The number of hydrogen-bond donors (Lipinski definition) is 1. The van der Waals surface area contributed by atoms with Crippen molar-refractivity contribution in [1.82, 2.24) is 0 Å². The molecule has 0 atom stereocenters. The maximum atomic E-state index is 9.04. The van der Waals surface area contributed by atoms with Crippen LogP contribution in [-0.2, 0) is 4.74 Å². The van der Waals surface area contributed by atoms with E-state index in [1.807, 2.05) is 32.1 Å². The fourth-order valence-corrected chi connectivity index (χ4v) is 1.07. The van der Waals surface area contributed by atoms with E-state index < -0.39 is 0 Å². The lowest BCUT2D eigenvalue weighted by Crippen LogP contribution is -1.85. The molecule has 2 nitrogen and oxygen atoms in total. The van der Waals surface area contributed by atoms with Gasteiger partial charge in [0.05, 0.1) is 12.4 Å². The summed E-state index contributed by atoms with van der Waals surface area (Å²) in [5.41, 5.74) is 1.03. The number of rotatable bonds is 3. The summed E-state index contributed by atoms with van der Waals surface area (Å²) >= 11 is 0. The molecule has 0 saturated heterocycles. The summed E-state index contributed by atoms with van der Waals surface area (Å²) in [5.74, 6) is 1.17. The number of ether oxygens (including phenoxy) is 1. The van der Waals surface area contributed by atoms with E-state index in [1.54, 1.807) is 12.1 Å². The smallest absolute Gasteiger partial charge is 0.115 e. The summed E-state index contributed by atoms with van der Waals surface area (Å²) < 4.78 is 5.27. The SMILES string of the molecule is CCOC(C)=Cc1ccc(O)cc1. The third-order valence-corrected chi connectivity index (χ3v) is 1.64. The highest BCUT2D eigenvalue weighted by atomic mass is 16.5. The summed E-state index contributed by atoms with van der Waals surface area (Å²) in [4.78, 5) is 0. The van der Waals surface area contributed by atoms with Crippen LogP contribution in [0.5, 0.6) is 5.75 Å². The molecule has 0 aliphatic carbocycles. The molecule has 0 radical (unpaired) electrons. The van der Waals surface area contributed by atoms with Crippen molar-refractivity contribution in [1.29, 1.82) is 0 Å². The Hall–Kier alpha value is -1.44. The van der Waals surface area contributed by atoms with Crippen molar-refractivity contribution >= 4 is 6.08 Å². The first kappa shape index (κ1) is 9.65. The Morgan fingerprint density at radius 2 is 2.00 bits per heavy atom. The summed E-state index contributed by atoms with van der Waals surface area (Å²) in [7, 11) is 0. The second kappa shape index (κ2) is 4.55. The Bertz CT molecular complexity index is 285. The molecule has 0 amide bonds. The predicted molar refractivity (Wildman–Crippen MR) is 53.4 cm³/mol. The van der Waals surface area contributed by atoms with Crippen molar-refractivity contribution in [2.75, 3.05) is 6.61 Å². The average Bonchev–Trinajstić information content (AvgIpc) is 2.09. The summed E-state index contributed by atoms with van der Waals surface area (Å²) in [6.45, 7) is 4.55. The van der Waals surface area contributed by atoms with E-state index in [0.29, 0.717) is 6.61 Å². The molecule has 1 aromatic rings. The number of phenolic OH excluding ortho intramolecular Hbond substituents is 1. The third kappa shape index (κ3) is 3.20. The lowest BCUT2D eigenvalue weighted by Gasteiger charge is -2.02. The lowest BCUT2D eigenvalue weighted by atomic mass is 10.2. The molecule has 1 rings (SSSR count). The monoisotopic (exact) mass is 178 g/mol. The van der Waals surface area contributed by atoms with Crippen LogP contribution in [0.1, 0.15) is 19.4 Å². The molecule has 0 heterocycles. The number of hydrogen-bond acceptors (Lipinski definition) is 2. The molecule has 1 aromatic carbocycles. The van der Waals surface area contributed by atoms with Gasteiger partial charge in [0.1, 0.15) is 5.75 Å². The van der Waals surface area contributed by atoms with Crippen LogP contribution in [0.15, 0.2) is 30.0 Å². The topological polar surface area (TPSA) is 29.5 Å². The van der Waals surface area contributed by atoms with Gasteiger partial charge in [-0.15, -0.1) is 0 Å². The third-order valence-electron chi connectivity index (χ3n) is 1.64. The van der Waals surface area contributed by atoms with E-state index in [9.17, 15) is 0 Å². The molecule has 0 aliphatic rings. The zero-order valence-electron chi connectivity index (χ0n) is 7.95. The van der Waals surface area contributed by atoms with Gasteiger partial charge < -0.3 is 9.84 Å². The van der Waals surface area contributed by atoms with Crippen LogP contribution < -0.4 is 0 Å². The second-order valence-corrected chi connectivity index (χ2v) is 2.78. The van der Waals surface area contributed by atoms with Crippen LogP contribution >= 0.6 is 0 Å². The van der Waals surface area contributed by atoms with Gasteiger partial charge >= 0.3 is 0 Å². The van der Waals surface area contributed by atoms with Crippen LogP contribution in [0.4, 0.5) is 0 Å². The quantitative estimate of drug-likeness (QED) is 0.721. The Labute approximate surface area is 78.5 Å². The molecule has 0 unspecified atom stereocenters. The normalized spacial score (nSPS) is 11.4. The second-order valence-electron chi connectivity index (χ2n) is 2.78. The van der Waals surface area contributed by atoms with Gasteiger partial charge in [-0.3, -0.25) is 0 Å². The molecule has 0 aromatic heterocycles. The van der Waals surface area contributed by atoms with Crippen LogP contribution in [0, 0.1) is 0 Å². The lowest BCUT2D eigenvalue weighted by molar-refractivity contribution is 0.235. The highest BCUT2D eigenvalue weighted by Crippen LogP contribution is 2.12. The van der Waals surface area contributed by atoms with Gasteiger partial charge in [-0.05, 0) is 37.6 Å². The first-order chi connectivity index (χ1) is 6.22. The van der Waals surface area contributed by atoms with Gasteiger partial charge in [0.15, 0.2) is 0 Å². The highest BCUT2D eigenvalue weighted by molar-refractivity contribution is 5.51. The molecule has 0 fully saturated rings. The summed E-state index contributed by atoms with van der Waals surface area (Å²) in [5, 5.41) is 9.04. The Kier molecular flexibility index (Phi) is 3.38. The fraction of sp³-hybridized carbons (Fsp3) is 0.273. The molecule has 0 saturated carbocycles. The molecule has 0 aliphatic heterocycles. The molecule has 13 heavy (non-hydrogen) atoms. The maximum absolute atomic E-state index is 9.04. The standard InChI is InChI=1S/C11H14O2/c1-3-13-9(2)8-10-4-6-11(12)7-5-10/h4-8,12H,3H2,1-2H3. The van der Waals surface area contributed by atoms with Gasteiger partial charge in [-0.25, -0.2) is 0 Å². The molecule has 0 spiro atoms. The van der Waals surface area contributed by atoms with Crippen molar-refractivity contribution in [3.8, 4) is 5.75 Å². The Morgan fingerprint density at radius 3 is 2.54 bits per heavy atom. The zero-order valence-corrected chi connectivity index (χ0v) is 7.95. The minimum absolute atomic E-state index is 0.284. The van der Waals surface area contributed by atoms with E-state index in [-0.39, 0.29) is 5.75 Å². The molecular weight excluding hydrogens is 164 g/mol. The van der Waals surface area contributed by atoms with Gasteiger partial charge in [-0.2, -0.15) is 0 Å². The van der Waals surface area contributed by atoms with Crippen LogP contribution in [0.2, 0.25) is 0 Å². The van der Waals surface area contributed by atoms with Crippen LogP contribution in [0.3, 0.4) is 0 Å². The predicted octanol–water partition coefficient (Wildman–Crippen LogP) is 2.79. The largest absolute Gasteiger partial charge is 0.508 e. The van der Waals surface area contributed by atoms with Crippen molar-refractivity contribution in [3.05, 3.63) is 35.6 Å². The molecule has 70 valence electrons. The molecule has 0 bridgehead atoms. The number of aromatic hydroxyl groups is 1. The first-order valence-corrected chi connectivity index (χ1v) is 4.32. The van der Waals surface area contributed by atoms with Crippen molar-refractivity contribution in [2.45, 2.75) is 13.8 Å². The van der Waals surface area contributed by atoms with E-state index in [1.165, 1.54) is 0 Å². The van der Waals surface area contributed by atoms with Crippen LogP contribution in [-0.4, -0.2) is 11.7 Å². The van der Waals surface area contributed by atoms with E-state index in [2.05, 4.69) is 0 Å². The van der Waals surface area contributed by atoms with E-state index in [4.69, 9.17) is 9.84 Å². The maximum Gasteiger partial charge on any atom is 0.115 e. The van der Waals surface area contributed by atoms with E-state index >= 15 is 0 Å². The van der Waals surface area contributed by atoms with Crippen molar-refractivity contribution in [2.24, 2.45) is 0 Å². The minimum Gasteiger partial charge on any atom is -0.508 e. The van der Waals surface area contributed by atoms with Gasteiger partial charge in [0.2, 0.25) is 0 Å². The van der Waals surface area contributed by atoms with Crippen LogP contribution in [0.25, 0.3) is 6.08 Å². The summed E-state index contributed by atoms with van der Waals surface area (Å²) in [6, 6.07) is 7.01. The highest BCUT2D eigenvalue weighted by Gasteiger charge is 1.91.